The summed E-state index contributed by atoms with van der Waals surface area (Å²) in [5, 5.41) is 0.711. The number of ketones is 1. The Labute approximate surface area is 129 Å². The van der Waals surface area contributed by atoms with Gasteiger partial charge in [-0.2, -0.15) is 0 Å². The Morgan fingerprint density at radius 3 is 2.60 bits per heavy atom. The zero-order valence-electron chi connectivity index (χ0n) is 11.5. The molecule has 3 rings (SSSR count). The minimum Gasteiger partial charge on any atom is -0.495 e. The van der Waals surface area contributed by atoms with Crippen LogP contribution in [0.3, 0.4) is 0 Å². The molecule has 0 radical (unpaired) electrons. The van der Waals surface area contributed by atoms with E-state index in [4.69, 9.17) is 27.9 Å². The van der Waals surface area contributed by atoms with Gasteiger partial charge in [0.25, 0.3) is 0 Å². The highest BCUT2D eigenvalue weighted by Crippen LogP contribution is 2.44. The van der Waals surface area contributed by atoms with E-state index in [2.05, 4.69) is 0 Å². The van der Waals surface area contributed by atoms with Crippen LogP contribution in [0.4, 0.5) is 0 Å². The molecule has 0 N–H and O–H groups in total. The molecule has 4 heteroatoms. The van der Waals surface area contributed by atoms with Crippen LogP contribution >= 0.6 is 23.2 Å². The molecule has 0 aliphatic heterocycles. The molecule has 2 aliphatic rings. The molecule has 0 bridgehead atoms. The van der Waals surface area contributed by atoms with E-state index in [1.54, 1.807) is 7.11 Å². The highest BCUT2D eigenvalue weighted by molar-refractivity contribution is 6.45. The Balaban J connectivity index is 1.88. The second-order valence-corrected chi connectivity index (χ2v) is 6.65. The molecule has 0 saturated heterocycles. The SMILES string of the molecule is COc1cc2c(c(Cl)c1Cl)C(=O)[C@@H](CC1CCCC1)C2. The molecular formula is C16H18Cl2O2. The first-order valence-electron chi connectivity index (χ1n) is 7.21. The molecule has 2 nitrogen and oxygen atoms in total. The summed E-state index contributed by atoms with van der Waals surface area (Å²) in [5.74, 6) is 1.51. The number of benzene rings is 1. The fourth-order valence-electron chi connectivity index (χ4n) is 3.63. The summed E-state index contributed by atoms with van der Waals surface area (Å²) in [7, 11) is 1.57. The second kappa shape index (κ2) is 5.57. The molecule has 1 atom stereocenters. The number of hydrogen-bond acceptors (Lipinski definition) is 2. The maximum absolute atomic E-state index is 12.6. The van der Waals surface area contributed by atoms with E-state index in [1.807, 2.05) is 6.07 Å². The van der Waals surface area contributed by atoms with Crippen molar-refractivity contribution < 1.29 is 9.53 Å². The van der Waals surface area contributed by atoms with Gasteiger partial charge in [0, 0.05) is 11.5 Å². The first-order valence-corrected chi connectivity index (χ1v) is 7.96. The summed E-state index contributed by atoms with van der Waals surface area (Å²) in [6, 6.07) is 1.87. The average molecular weight is 313 g/mol. The number of halogens is 2. The van der Waals surface area contributed by atoms with E-state index >= 15 is 0 Å². The Morgan fingerprint density at radius 1 is 1.25 bits per heavy atom. The summed E-state index contributed by atoms with van der Waals surface area (Å²) in [4.78, 5) is 12.6. The number of carbonyl (C=O) groups excluding carboxylic acids is 1. The zero-order chi connectivity index (χ0) is 14.3. The van der Waals surface area contributed by atoms with Gasteiger partial charge >= 0.3 is 0 Å². The molecule has 1 saturated carbocycles. The topological polar surface area (TPSA) is 26.3 Å². The van der Waals surface area contributed by atoms with Crippen LogP contribution in [0.15, 0.2) is 6.07 Å². The van der Waals surface area contributed by atoms with Crippen molar-refractivity contribution >= 4 is 29.0 Å². The Kier molecular flexibility index (Phi) is 3.96. The number of rotatable bonds is 3. The van der Waals surface area contributed by atoms with E-state index in [0.29, 0.717) is 27.3 Å². The van der Waals surface area contributed by atoms with Crippen LogP contribution in [-0.2, 0) is 6.42 Å². The summed E-state index contributed by atoms with van der Waals surface area (Å²) >= 11 is 12.4. The van der Waals surface area contributed by atoms with Gasteiger partial charge in [-0.25, -0.2) is 0 Å². The number of fused-ring (bicyclic) bond motifs is 1. The van der Waals surface area contributed by atoms with Gasteiger partial charge in [0.05, 0.1) is 12.1 Å². The first-order chi connectivity index (χ1) is 9.61. The normalized spacial score (nSPS) is 22.4. The molecule has 0 unspecified atom stereocenters. The van der Waals surface area contributed by atoms with Crippen molar-refractivity contribution in [3.05, 3.63) is 27.2 Å². The van der Waals surface area contributed by atoms with E-state index in [1.165, 1.54) is 25.7 Å². The van der Waals surface area contributed by atoms with E-state index < -0.39 is 0 Å². The van der Waals surface area contributed by atoms with Crippen molar-refractivity contribution in [2.75, 3.05) is 7.11 Å². The first kappa shape index (κ1) is 14.2. The van der Waals surface area contributed by atoms with Gasteiger partial charge in [0.15, 0.2) is 5.78 Å². The fraction of sp³-hybridized carbons (Fsp3) is 0.562. The Hall–Kier alpha value is -0.730. The predicted molar refractivity (Wildman–Crippen MR) is 81.1 cm³/mol. The minimum atomic E-state index is 0.0776. The molecule has 2 aliphatic carbocycles. The lowest BCUT2D eigenvalue weighted by molar-refractivity contribution is 0.0919. The largest absolute Gasteiger partial charge is 0.495 e. The van der Waals surface area contributed by atoms with Gasteiger partial charge in [-0.15, -0.1) is 0 Å². The van der Waals surface area contributed by atoms with Gasteiger partial charge in [-0.05, 0) is 30.4 Å². The molecule has 0 aromatic heterocycles. The van der Waals surface area contributed by atoms with Crippen LogP contribution < -0.4 is 4.74 Å². The fourth-order valence-corrected chi connectivity index (χ4v) is 4.16. The number of ether oxygens (including phenoxy) is 1. The molecular weight excluding hydrogens is 295 g/mol. The Morgan fingerprint density at radius 2 is 1.95 bits per heavy atom. The van der Waals surface area contributed by atoms with Gasteiger partial charge in [-0.3, -0.25) is 4.79 Å². The van der Waals surface area contributed by atoms with Gasteiger partial charge < -0.3 is 4.74 Å². The average Bonchev–Trinajstić information content (AvgIpc) is 3.04. The summed E-state index contributed by atoms with van der Waals surface area (Å²) in [6.07, 6.45) is 6.90. The van der Waals surface area contributed by atoms with Crippen molar-refractivity contribution in [2.24, 2.45) is 11.8 Å². The standard InChI is InChI=1S/C16H18Cl2O2/c1-20-12-8-10-7-11(6-9-4-2-3-5-9)16(19)13(10)15(18)14(12)17/h8-9,11H,2-7H2,1H3/t11-/m0/s1. The van der Waals surface area contributed by atoms with Crippen molar-refractivity contribution in [1.82, 2.24) is 0 Å². The van der Waals surface area contributed by atoms with Crippen LogP contribution in [0.2, 0.25) is 10.0 Å². The number of methoxy groups -OCH3 is 1. The number of Topliss-reactive ketones (excluding diaryl/α,β-unsaturated/α-hetero) is 1. The van der Waals surface area contributed by atoms with Crippen LogP contribution in [0.25, 0.3) is 0 Å². The monoisotopic (exact) mass is 312 g/mol. The predicted octanol–water partition coefficient (Wildman–Crippen LogP) is 4.94. The molecule has 0 amide bonds. The quantitative estimate of drug-likeness (QED) is 0.790. The van der Waals surface area contributed by atoms with E-state index in [-0.39, 0.29) is 11.7 Å². The van der Waals surface area contributed by atoms with Crippen LogP contribution in [0.1, 0.15) is 48.0 Å². The summed E-state index contributed by atoms with van der Waals surface area (Å²) in [5.41, 5.74) is 1.62. The van der Waals surface area contributed by atoms with E-state index in [9.17, 15) is 4.79 Å². The van der Waals surface area contributed by atoms with Crippen LogP contribution in [0, 0.1) is 11.8 Å². The molecule has 108 valence electrons. The van der Waals surface area contributed by atoms with Gasteiger partial charge in [0.1, 0.15) is 10.8 Å². The highest BCUT2D eigenvalue weighted by Gasteiger charge is 2.36. The third kappa shape index (κ3) is 2.33. The van der Waals surface area contributed by atoms with Crippen molar-refractivity contribution in [3.63, 3.8) is 0 Å². The Bertz CT molecular complexity index is 548. The van der Waals surface area contributed by atoms with Crippen molar-refractivity contribution in [3.8, 4) is 5.75 Å². The third-order valence-electron chi connectivity index (χ3n) is 4.65. The smallest absolute Gasteiger partial charge is 0.168 e. The lowest BCUT2D eigenvalue weighted by Crippen LogP contribution is -2.13. The lowest BCUT2D eigenvalue weighted by atomic mass is 9.90. The third-order valence-corrected chi connectivity index (χ3v) is 5.50. The molecule has 1 aromatic rings. The molecule has 1 aromatic carbocycles. The minimum absolute atomic E-state index is 0.0776. The number of carbonyl (C=O) groups is 1. The summed E-state index contributed by atoms with van der Waals surface area (Å²) in [6.45, 7) is 0. The second-order valence-electron chi connectivity index (χ2n) is 5.89. The van der Waals surface area contributed by atoms with Crippen molar-refractivity contribution in [1.29, 1.82) is 0 Å². The molecule has 1 fully saturated rings. The maximum Gasteiger partial charge on any atom is 0.168 e. The van der Waals surface area contributed by atoms with Crippen molar-refractivity contribution in [2.45, 2.75) is 38.5 Å². The summed E-state index contributed by atoms with van der Waals surface area (Å²) < 4.78 is 5.23. The van der Waals surface area contributed by atoms with E-state index in [0.717, 1.165) is 18.4 Å². The van der Waals surface area contributed by atoms with Gasteiger partial charge in [-0.1, -0.05) is 48.9 Å². The van der Waals surface area contributed by atoms with Crippen LogP contribution in [-0.4, -0.2) is 12.9 Å². The zero-order valence-corrected chi connectivity index (χ0v) is 13.1. The molecule has 20 heavy (non-hydrogen) atoms. The van der Waals surface area contributed by atoms with Gasteiger partial charge in [0.2, 0.25) is 0 Å². The molecule has 0 heterocycles. The molecule has 0 spiro atoms. The number of hydrogen-bond donors (Lipinski definition) is 0. The highest BCUT2D eigenvalue weighted by atomic mass is 35.5. The lowest BCUT2D eigenvalue weighted by Gasteiger charge is -2.13. The van der Waals surface area contributed by atoms with Crippen LogP contribution in [0.5, 0.6) is 5.75 Å². The maximum atomic E-state index is 12.6.